The predicted octanol–water partition coefficient (Wildman–Crippen LogP) is 3.27. The molecule has 37 heavy (non-hydrogen) atoms. The third kappa shape index (κ3) is 2.77. The molecule has 4 bridgehead atoms. The topological polar surface area (TPSA) is 74.1 Å². The summed E-state index contributed by atoms with van der Waals surface area (Å²) in [6, 6.07) is 4.55. The lowest BCUT2D eigenvalue weighted by molar-refractivity contribution is -0.129. The monoisotopic (exact) mass is 503 g/mol. The Kier molecular flexibility index (Phi) is 4.47. The number of phenolic OH excluding ortho intramolecular Hbond substituents is 1. The first-order chi connectivity index (χ1) is 17.9. The standard InChI is InChI=1S/C29H37N5O3/c1-31-14-11-30-23(31)17-32(2)27(36)34-13-9-28-8-7-20(34)26-29(28)10-12-33(16-18-3-4-18)22(28)15-19-5-6-21(35)25(37-26)24(19)29/h5-6,11,14,18,20,22,26,35H,3-4,7-10,12-13,15-17H2,1-2H3/t20-,22-,26+,28-,29+/m1/s1. The summed E-state index contributed by atoms with van der Waals surface area (Å²) in [6.45, 7) is 3.56. The fourth-order valence-electron chi connectivity index (χ4n) is 9.27. The van der Waals surface area contributed by atoms with Crippen molar-refractivity contribution in [2.45, 2.75) is 75.1 Å². The Labute approximate surface area is 218 Å². The molecule has 1 N–H and O–H groups in total. The molecule has 2 saturated carbocycles. The molecule has 196 valence electrons. The molecule has 1 aromatic carbocycles. The molecule has 4 aliphatic heterocycles. The zero-order valence-corrected chi connectivity index (χ0v) is 21.9. The Hall–Kier alpha value is -2.74. The second-order valence-electron chi connectivity index (χ2n) is 12.7. The van der Waals surface area contributed by atoms with E-state index in [0.29, 0.717) is 18.3 Å². The Morgan fingerprint density at radius 1 is 1.22 bits per heavy atom. The molecular weight excluding hydrogens is 466 g/mol. The van der Waals surface area contributed by atoms with Gasteiger partial charge in [0, 0.05) is 62.0 Å². The number of ether oxygens (including phenoxy) is 1. The first kappa shape index (κ1) is 22.3. The van der Waals surface area contributed by atoms with E-state index in [9.17, 15) is 9.90 Å². The van der Waals surface area contributed by atoms with Crippen molar-refractivity contribution in [3.63, 3.8) is 0 Å². The van der Waals surface area contributed by atoms with Crippen LogP contribution in [-0.2, 0) is 25.4 Å². The van der Waals surface area contributed by atoms with Crippen molar-refractivity contribution < 1.29 is 14.6 Å². The maximum absolute atomic E-state index is 14.0. The second-order valence-corrected chi connectivity index (χ2v) is 12.7. The lowest BCUT2D eigenvalue weighted by Crippen LogP contribution is -2.73. The number of likely N-dealkylation sites (tertiary alicyclic amines) is 1. The molecule has 2 amide bonds. The molecule has 0 radical (unpaired) electrons. The number of piperidine rings is 1. The van der Waals surface area contributed by atoms with Crippen LogP contribution in [0.15, 0.2) is 24.5 Å². The van der Waals surface area contributed by atoms with Gasteiger partial charge in [-0.15, -0.1) is 0 Å². The van der Waals surface area contributed by atoms with E-state index in [1.54, 1.807) is 6.20 Å². The van der Waals surface area contributed by atoms with Crippen molar-refractivity contribution in [2.75, 3.05) is 26.7 Å². The molecule has 5 heterocycles. The summed E-state index contributed by atoms with van der Waals surface area (Å²) in [4.78, 5) is 25.2. The van der Waals surface area contributed by atoms with Gasteiger partial charge in [0.2, 0.25) is 0 Å². The number of amides is 2. The summed E-state index contributed by atoms with van der Waals surface area (Å²) in [6.07, 6.45) is 11.5. The number of carbonyl (C=O) groups is 1. The summed E-state index contributed by atoms with van der Waals surface area (Å²) < 4.78 is 8.81. The number of phenols is 1. The quantitative estimate of drug-likeness (QED) is 0.693. The Balaban J connectivity index is 1.21. The highest BCUT2D eigenvalue weighted by Crippen LogP contribution is 2.71. The summed E-state index contributed by atoms with van der Waals surface area (Å²) in [5, 5.41) is 10.9. The lowest BCUT2D eigenvalue weighted by Gasteiger charge is -2.66. The highest BCUT2D eigenvalue weighted by Gasteiger charge is 2.74. The molecule has 8 nitrogen and oxygen atoms in total. The van der Waals surface area contributed by atoms with Crippen molar-refractivity contribution in [3.05, 3.63) is 41.5 Å². The number of aromatic nitrogens is 2. The molecule has 1 aromatic heterocycles. The average molecular weight is 504 g/mol. The number of hydrogen-bond donors (Lipinski definition) is 1. The number of imidazole rings is 1. The molecule has 0 unspecified atom stereocenters. The minimum absolute atomic E-state index is 0.0142. The number of nitrogens with zero attached hydrogens (tertiary/aromatic N) is 5. The van der Waals surface area contributed by atoms with Gasteiger partial charge in [-0.05, 0) is 69.0 Å². The van der Waals surface area contributed by atoms with Gasteiger partial charge in [-0.2, -0.15) is 0 Å². The van der Waals surface area contributed by atoms with E-state index in [4.69, 9.17) is 4.74 Å². The van der Waals surface area contributed by atoms with Crippen LogP contribution in [-0.4, -0.2) is 80.3 Å². The van der Waals surface area contributed by atoms with Crippen molar-refractivity contribution in [3.8, 4) is 11.5 Å². The van der Waals surface area contributed by atoms with Gasteiger partial charge in [-0.25, -0.2) is 9.78 Å². The minimum atomic E-state index is -0.116. The second kappa shape index (κ2) is 7.43. The van der Waals surface area contributed by atoms with Crippen LogP contribution in [0.3, 0.4) is 0 Å². The van der Waals surface area contributed by atoms with Crippen LogP contribution in [0, 0.1) is 11.3 Å². The molecule has 2 aromatic rings. The molecule has 9 rings (SSSR count). The van der Waals surface area contributed by atoms with Crippen LogP contribution < -0.4 is 4.74 Å². The average Bonchev–Trinajstić information content (AvgIpc) is 3.58. The van der Waals surface area contributed by atoms with Gasteiger partial charge in [0.1, 0.15) is 11.9 Å². The van der Waals surface area contributed by atoms with Gasteiger partial charge in [0.05, 0.1) is 12.6 Å². The summed E-state index contributed by atoms with van der Waals surface area (Å²) in [7, 11) is 3.86. The highest BCUT2D eigenvalue weighted by molar-refractivity contribution is 5.75. The van der Waals surface area contributed by atoms with E-state index >= 15 is 0 Å². The number of fused-ring (bicyclic) bond motifs is 3. The molecule has 2 spiro atoms. The van der Waals surface area contributed by atoms with Crippen LogP contribution in [0.4, 0.5) is 4.79 Å². The smallest absolute Gasteiger partial charge is 0.320 e. The molecule has 3 saturated heterocycles. The van der Waals surface area contributed by atoms with Gasteiger partial charge >= 0.3 is 6.03 Å². The number of aromatic hydroxyl groups is 1. The maximum Gasteiger partial charge on any atom is 0.320 e. The van der Waals surface area contributed by atoms with E-state index < -0.39 is 0 Å². The normalized spacial score (nSPS) is 35.2. The first-order valence-electron chi connectivity index (χ1n) is 14.2. The Morgan fingerprint density at radius 2 is 2.08 bits per heavy atom. The van der Waals surface area contributed by atoms with E-state index in [2.05, 4.69) is 20.9 Å². The number of urea groups is 1. The summed E-state index contributed by atoms with van der Waals surface area (Å²) in [5.41, 5.74) is 2.62. The molecule has 8 heteroatoms. The van der Waals surface area contributed by atoms with E-state index in [0.717, 1.165) is 56.9 Å². The molecule has 5 atom stereocenters. The van der Waals surface area contributed by atoms with E-state index in [1.807, 2.05) is 35.8 Å². The number of benzene rings is 1. The fourth-order valence-corrected chi connectivity index (χ4v) is 9.27. The van der Waals surface area contributed by atoms with Gasteiger partial charge in [0.15, 0.2) is 11.5 Å². The van der Waals surface area contributed by atoms with Crippen molar-refractivity contribution in [1.29, 1.82) is 0 Å². The van der Waals surface area contributed by atoms with Crippen molar-refractivity contribution in [1.82, 2.24) is 24.3 Å². The summed E-state index contributed by atoms with van der Waals surface area (Å²) >= 11 is 0. The van der Waals surface area contributed by atoms with E-state index in [-0.39, 0.29) is 34.8 Å². The Bertz CT molecular complexity index is 1290. The maximum atomic E-state index is 14.0. The van der Waals surface area contributed by atoms with Crippen LogP contribution in [0.1, 0.15) is 55.5 Å². The van der Waals surface area contributed by atoms with Crippen LogP contribution >= 0.6 is 0 Å². The predicted molar refractivity (Wildman–Crippen MR) is 137 cm³/mol. The van der Waals surface area contributed by atoms with Gasteiger partial charge < -0.3 is 24.2 Å². The third-order valence-electron chi connectivity index (χ3n) is 11.1. The van der Waals surface area contributed by atoms with E-state index in [1.165, 1.54) is 30.5 Å². The van der Waals surface area contributed by atoms with Gasteiger partial charge in [0.25, 0.3) is 0 Å². The zero-order valence-electron chi connectivity index (χ0n) is 21.9. The van der Waals surface area contributed by atoms with Gasteiger partial charge in [-0.1, -0.05) is 6.07 Å². The van der Waals surface area contributed by atoms with Gasteiger partial charge in [-0.3, -0.25) is 4.90 Å². The van der Waals surface area contributed by atoms with Crippen molar-refractivity contribution in [2.24, 2.45) is 18.4 Å². The lowest BCUT2D eigenvalue weighted by atomic mass is 9.42. The number of hydrogen-bond acceptors (Lipinski definition) is 5. The largest absolute Gasteiger partial charge is 0.504 e. The highest BCUT2D eigenvalue weighted by atomic mass is 16.5. The zero-order chi connectivity index (χ0) is 25.1. The number of carbonyl (C=O) groups excluding carboxylic acids is 1. The first-order valence-corrected chi connectivity index (χ1v) is 14.2. The number of aryl methyl sites for hydroxylation is 1. The van der Waals surface area contributed by atoms with Crippen molar-refractivity contribution >= 4 is 6.03 Å². The molecule has 5 fully saturated rings. The Morgan fingerprint density at radius 3 is 2.86 bits per heavy atom. The molecular formula is C29H37N5O3. The molecule has 7 aliphatic rings. The van der Waals surface area contributed by atoms with Crippen LogP contribution in [0.2, 0.25) is 0 Å². The fraction of sp³-hybridized carbons (Fsp3) is 0.655. The minimum Gasteiger partial charge on any atom is -0.504 e. The third-order valence-corrected chi connectivity index (χ3v) is 11.1. The summed E-state index contributed by atoms with van der Waals surface area (Å²) in [5.74, 6) is 2.72. The van der Waals surface area contributed by atoms with Crippen LogP contribution in [0.5, 0.6) is 11.5 Å². The number of rotatable bonds is 4. The molecule has 3 aliphatic carbocycles. The van der Waals surface area contributed by atoms with Crippen LogP contribution in [0.25, 0.3) is 0 Å². The SMILES string of the molecule is CN(Cc1nccn1C)C(=O)N1CC[C@@]23CC[C@@H]1[C@@H]1Oc4c(O)ccc5c4[C@@]12CCN(CC1CC1)[C@@H]3C5.